The molecule has 2 N–H and O–H groups in total. The molecule has 1 aliphatic heterocycles. The van der Waals surface area contributed by atoms with E-state index in [1.165, 1.54) is 12.1 Å². The van der Waals surface area contributed by atoms with Crippen LogP contribution >= 0.6 is 0 Å². The highest BCUT2D eigenvalue weighted by molar-refractivity contribution is 5.95. The Kier molecular flexibility index (Phi) is 3.85. The summed E-state index contributed by atoms with van der Waals surface area (Å²) in [5.74, 6) is -2.31. The Morgan fingerprint density at radius 1 is 1.42 bits per heavy atom. The Bertz CT molecular complexity index is 488. The molecule has 1 aromatic rings. The smallest absolute Gasteiger partial charge is 0.242 e. The van der Waals surface area contributed by atoms with Crippen molar-refractivity contribution in [2.45, 2.75) is 32.7 Å². The van der Waals surface area contributed by atoms with E-state index in [1.54, 1.807) is 0 Å². The van der Waals surface area contributed by atoms with Gasteiger partial charge in [-0.2, -0.15) is 0 Å². The van der Waals surface area contributed by atoms with E-state index in [0.717, 1.165) is 25.5 Å². The summed E-state index contributed by atoms with van der Waals surface area (Å²) in [6.07, 6.45) is 1.93. The van der Waals surface area contributed by atoms with Gasteiger partial charge >= 0.3 is 0 Å². The van der Waals surface area contributed by atoms with Gasteiger partial charge in [-0.25, -0.2) is 8.78 Å². The van der Waals surface area contributed by atoms with Crippen LogP contribution in [-0.4, -0.2) is 18.5 Å². The minimum absolute atomic E-state index is 0.117. The molecule has 1 fully saturated rings. The van der Waals surface area contributed by atoms with Crippen LogP contribution in [0.2, 0.25) is 0 Å². The second-order valence-electron chi connectivity index (χ2n) is 5.57. The molecule has 104 valence electrons. The van der Waals surface area contributed by atoms with Gasteiger partial charge in [-0.1, -0.05) is 19.9 Å². The number of rotatable bonds is 2. The minimum atomic E-state index is -1.02. The molecule has 0 bridgehead atoms. The predicted octanol–water partition coefficient (Wildman–Crippen LogP) is 2.68. The lowest BCUT2D eigenvalue weighted by molar-refractivity contribution is -0.121. The standard InChI is InChI=1S/C14H18F2N2O/c1-14(2)7-4-8-17-12(14)13(19)18-10-6-3-5-9(15)11(10)16/h3,5-6,12,17H,4,7-8H2,1-2H3,(H,18,19). The maximum absolute atomic E-state index is 13.5. The molecule has 0 saturated carbocycles. The van der Waals surface area contributed by atoms with Gasteiger partial charge in [-0.3, -0.25) is 4.79 Å². The average molecular weight is 268 g/mol. The molecule has 0 spiro atoms. The molecular formula is C14H18F2N2O. The molecular weight excluding hydrogens is 250 g/mol. The average Bonchev–Trinajstić information content (AvgIpc) is 2.34. The number of halogens is 2. The van der Waals surface area contributed by atoms with Crippen LogP contribution in [0, 0.1) is 17.0 Å². The summed E-state index contributed by atoms with van der Waals surface area (Å²) in [7, 11) is 0. The van der Waals surface area contributed by atoms with Gasteiger partial charge in [0, 0.05) is 0 Å². The molecule has 19 heavy (non-hydrogen) atoms. The predicted molar refractivity (Wildman–Crippen MR) is 69.8 cm³/mol. The van der Waals surface area contributed by atoms with Crippen molar-refractivity contribution >= 4 is 11.6 Å². The van der Waals surface area contributed by atoms with Crippen molar-refractivity contribution in [1.29, 1.82) is 0 Å². The van der Waals surface area contributed by atoms with E-state index < -0.39 is 17.7 Å². The van der Waals surface area contributed by atoms with Crippen molar-refractivity contribution in [3.05, 3.63) is 29.8 Å². The maximum atomic E-state index is 13.5. The van der Waals surface area contributed by atoms with Crippen LogP contribution in [0.15, 0.2) is 18.2 Å². The molecule has 0 aliphatic carbocycles. The van der Waals surface area contributed by atoms with Crippen molar-refractivity contribution in [3.8, 4) is 0 Å². The fourth-order valence-electron chi connectivity index (χ4n) is 2.46. The van der Waals surface area contributed by atoms with Gasteiger partial charge in [0.15, 0.2) is 11.6 Å². The molecule has 1 saturated heterocycles. The van der Waals surface area contributed by atoms with Gasteiger partial charge in [-0.15, -0.1) is 0 Å². The van der Waals surface area contributed by atoms with Crippen molar-refractivity contribution in [2.24, 2.45) is 5.41 Å². The topological polar surface area (TPSA) is 41.1 Å². The van der Waals surface area contributed by atoms with Crippen LogP contribution in [-0.2, 0) is 4.79 Å². The first-order chi connectivity index (χ1) is 8.92. The SMILES string of the molecule is CC1(C)CCCNC1C(=O)Nc1cccc(F)c1F. The van der Waals surface area contributed by atoms with Gasteiger partial charge in [-0.05, 0) is 36.9 Å². The Morgan fingerprint density at radius 2 is 2.16 bits per heavy atom. The van der Waals surface area contributed by atoms with Crippen LogP contribution in [0.4, 0.5) is 14.5 Å². The minimum Gasteiger partial charge on any atom is -0.322 e. The zero-order valence-electron chi connectivity index (χ0n) is 11.1. The molecule has 1 aliphatic rings. The van der Waals surface area contributed by atoms with Crippen LogP contribution in [0.5, 0.6) is 0 Å². The summed E-state index contributed by atoms with van der Waals surface area (Å²) in [4.78, 5) is 12.2. The molecule has 1 amide bonds. The summed E-state index contributed by atoms with van der Waals surface area (Å²) >= 11 is 0. The first kappa shape index (κ1) is 13.9. The van der Waals surface area contributed by atoms with Gasteiger partial charge in [0.1, 0.15) is 0 Å². The number of nitrogens with one attached hydrogen (secondary N) is 2. The first-order valence-corrected chi connectivity index (χ1v) is 6.40. The number of anilines is 1. The van der Waals surface area contributed by atoms with Crippen molar-refractivity contribution in [2.75, 3.05) is 11.9 Å². The number of carbonyl (C=O) groups is 1. The number of hydrogen-bond donors (Lipinski definition) is 2. The number of piperidine rings is 1. The number of carbonyl (C=O) groups excluding carboxylic acids is 1. The maximum Gasteiger partial charge on any atom is 0.242 e. The molecule has 0 radical (unpaired) electrons. The van der Waals surface area contributed by atoms with E-state index in [4.69, 9.17) is 0 Å². The van der Waals surface area contributed by atoms with Crippen molar-refractivity contribution in [1.82, 2.24) is 5.32 Å². The summed E-state index contributed by atoms with van der Waals surface area (Å²) in [5.41, 5.74) is -0.320. The van der Waals surface area contributed by atoms with Crippen LogP contribution < -0.4 is 10.6 Å². The van der Waals surface area contributed by atoms with E-state index in [-0.39, 0.29) is 17.0 Å². The Labute approximate surface area is 111 Å². The molecule has 5 heteroatoms. The summed E-state index contributed by atoms with van der Waals surface area (Å²) < 4.78 is 26.6. The van der Waals surface area contributed by atoms with Crippen molar-refractivity contribution in [3.63, 3.8) is 0 Å². The largest absolute Gasteiger partial charge is 0.322 e. The molecule has 1 unspecified atom stereocenters. The van der Waals surface area contributed by atoms with Crippen molar-refractivity contribution < 1.29 is 13.6 Å². The fourth-order valence-corrected chi connectivity index (χ4v) is 2.46. The highest BCUT2D eigenvalue weighted by atomic mass is 19.2. The number of benzene rings is 1. The van der Waals surface area contributed by atoms with E-state index >= 15 is 0 Å². The first-order valence-electron chi connectivity index (χ1n) is 6.40. The molecule has 1 atom stereocenters. The number of hydrogen-bond acceptors (Lipinski definition) is 2. The summed E-state index contributed by atoms with van der Waals surface area (Å²) in [6.45, 7) is 4.74. The normalized spacial score (nSPS) is 22.0. The monoisotopic (exact) mass is 268 g/mol. The van der Waals surface area contributed by atoms with Crippen LogP contribution in [0.1, 0.15) is 26.7 Å². The zero-order valence-corrected chi connectivity index (χ0v) is 11.1. The molecule has 1 aromatic carbocycles. The quantitative estimate of drug-likeness (QED) is 0.866. The van der Waals surface area contributed by atoms with E-state index in [1.807, 2.05) is 13.8 Å². The zero-order chi connectivity index (χ0) is 14.0. The third kappa shape index (κ3) is 2.92. The van der Waals surface area contributed by atoms with Gasteiger partial charge in [0.25, 0.3) is 0 Å². The molecule has 0 aromatic heterocycles. The molecule has 2 rings (SSSR count). The molecule has 3 nitrogen and oxygen atoms in total. The number of amides is 1. The summed E-state index contributed by atoms with van der Waals surface area (Å²) in [6, 6.07) is 3.34. The Balaban J connectivity index is 2.14. The van der Waals surface area contributed by atoms with E-state index in [0.29, 0.717) is 0 Å². The van der Waals surface area contributed by atoms with E-state index in [2.05, 4.69) is 10.6 Å². The highest BCUT2D eigenvalue weighted by Crippen LogP contribution is 2.31. The lowest BCUT2D eigenvalue weighted by Gasteiger charge is -2.38. The molecule has 1 heterocycles. The van der Waals surface area contributed by atoms with Gasteiger partial charge in [0.05, 0.1) is 11.7 Å². The lowest BCUT2D eigenvalue weighted by atomic mass is 9.77. The van der Waals surface area contributed by atoms with Crippen LogP contribution in [0.25, 0.3) is 0 Å². The summed E-state index contributed by atoms with van der Waals surface area (Å²) in [5, 5.41) is 5.60. The van der Waals surface area contributed by atoms with Gasteiger partial charge < -0.3 is 10.6 Å². The fraction of sp³-hybridized carbons (Fsp3) is 0.500. The highest BCUT2D eigenvalue weighted by Gasteiger charge is 2.37. The third-order valence-electron chi connectivity index (χ3n) is 3.60. The van der Waals surface area contributed by atoms with Crippen LogP contribution in [0.3, 0.4) is 0 Å². The Hall–Kier alpha value is -1.49. The lowest BCUT2D eigenvalue weighted by Crippen LogP contribution is -2.53. The second kappa shape index (κ2) is 5.25. The van der Waals surface area contributed by atoms with E-state index in [9.17, 15) is 13.6 Å². The van der Waals surface area contributed by atoms with Gasteiger partial charge in [0.2, 0.25) is 5.91 Å². The third-order valence-corrected chi connectivity index (χ3v) is 3.60. The second-order valence-corrected chi connectivity index (χ2v) is 5.57. The Morgan fingerprint density at radius 3 is 2.84 bits per heavy atom.